The molecular weight excluding hydrogens is 198 g/mol. The molecule has 6 heteroatoms. The summed E-state index contributed by atoms with van der Waals surface area (Å²) in [6.45, 7) is 4.31. The number of carbonyl (C=O) groups is 2. The largest absolute Gasteiger partial charge is 0.453 e. The van der Waals surface area contributed by atoms with E-state index in [1.807, 2.05) is 6.92 Å². The van der Waals surface area contributed by atoms with Crippen LogP contribution in [-0.2, 0) is 9.53 Å². The van der Waals surface area contributed by atoms with Crippen molar-refractivity contribution in [3.63, 3.8) is 0 Å². The fraction of sp³-hybridized carbons (Fsp3) is 0.778. The van der Waals surface area contributed by atoms with Gasteiger partial charge in [-0.25, -0.2) is 4.79 Å². The highest BCUT2D eigenvalue weighted by Gasteiger charge is 2.00. The van der Waals surface area contributed by atoms with E-state index in [0.29, 0.717) is 26.1 Å². The predicted molar refractivity (Wildman–Crippen MR) is 56.6 cm³/mol. The molecule has 0 aromatic rings. The van der Waals surface area contributed by atoms with Crippen LogP contribution in [-0.4, -0.2) is 45.3 Å². The number of amides is 2. The topological polar surface area (TPSA) is 79.5 Å². The van der Waals surface area contributed by atoms with E-state index >= 15 is 0 Å². The Morgan fingerprint density at radius 3 is 2.40 bits per heavy atom. The summed E-state index contributed by atoms with van der Waals surface area (Å²) in [6, 6.07) is 0. The first-order valence-electron chi connectivity index (χ1n) is 5.00. The molecule has 0 bridgehead atoms. The highest BCUT2D eigenvalue weighted by atomic mass is 16.5. The van der Waals surface area contributed by atoms with Crippen molar-refractivity contribution in [1.29, 1.82) is 0 Å². The number of ether oxygens (including phenoxy) is 1. The van der Waals surface area contributed by atoms with E-state index < -0.39 is 6.09 Å². The fourth-order valence-electron chi connectivity index (χ4n) is 0.906. The van der Waals surface area contributed by atoms with Gasteiger partial charge >= 0.3 is 6.09 Å². The zero-order valence-electron chi connectivity index (χ0n) is 9.26. The molecule has 15 heavy (non-hydrogen) atoms. The van der Waals surface area contributed by atoms with Crippen LogP contribution in [0, 0.1) is 0 Å². The zero-order valence-corrected chi connectivity index (χ0v) is 9.26. The van der Waals surface area contributed by atoms with Gasteiger partial charge in [0.05, 0.1) is 7.11 Å². The lowest BCUT2D eigenvalue weighted by molar-refractivity contribution is -0.120. The summed E-state index contributed by atoms with van der Waals surface area (Å²) < 4.78 is 4.36. The maximum Gasteiger partial charge on any atom is 0.406 e. The molecule has 0 heterocycles. The molecule has 0 aliphatic carbocycles. The fourth-order valence-corrected chi connectivity index (χ4v) is 0.906. The van der Waals surface area contributed by atoms with Gasteiger partial charge in [-0.15, -0.1) is 0 Å². The Kier molecular flexibility index (Phi) is 8.46. The van der Waals surface area contributed by atoms with Crippen molar-refractivity contribution >= 4 is 12.0 Å². The Morgan fingerprint density at radius 2 is 1.80 bits per heavy atom. The highest BCUT2D eigenvalue weighted by Crippen LogP contribution is 1.76. The zero-order chi connectivity index (χ0) is 11.5. The lowest BCUT2D eigenvalue weighted by atomic mass is 10.4. The first-order valence-corrected chi connectivity index (χ1v) is 5.00. The normalized spacial score (nSPS) is 9.47. The molecule has 0 aliphatic heterocycles. The van der Waals surface area contributed by atoms with Crippen LogP contribution in [0.15, 0.2) is 0 Å². The lowest BCUT2D eigenvalue weighted by Gasteiger charge is -2.06. The Bertz CT molecular complexity index is 197. The van der Waals surface area contributed by atoms with Crippen LogP contribution in [0.2, 0.25) is 0 Å². The van der Waals surface area contributed by atoms with Gasteiger partial charge < -0.3 is 20.7 Å². The second kappa shape index (κ2) is 9.26. The molecule has 0 rings (SSSR count). The quantitative estimate of drug-likeness (QED) is 0.500. The molecule has 0 aliphatic rings. The van der Waals surface area contributed by atoms with Crippen LogP contribution in [0.1, 0.15) is 13.3 Å². The summed E-state index contributed by atoms with van der Waals surface area (Å²) in [5.74, 6) is -0.0254. The van der Waals surface area contributed by atoms with E-state index in [1.165, 1.54) is 7.11 Å². The smallest absolute Gasteiger partial charge is 0.406 e. The molecule has 3 N–H and O–H groups in total. The number of alkyl carbamates (subject to hydrolysis) is 1. The maximum absolute atomic E-state index is 11.1. The Labute approximate surface area is 89.7 Å². The minimum absolute atomic E-state index is 0.0254. The van der Waals surface area contributed by atoms with Crippen molar-refractivity contribution in [2.45, 2.75) is 13.3 Å². The highest BCUT2D eigenvalue weighted by molar-refractivity contribution is 5.76. The molecule has 0 unspecified atom stereocenters. The average molecular weight is 217 g/mol. The summed E-state index contributed by atoms with van der Waals surface area (Å²) >= 11 is 0. The molecule has 0 saturated carbocycles. The second-order valence-electron chi connectivity index (χ2n) is 2.87. The number of nitrogens with one attached hydrogen (secondary N) is 3. The molecule has 0 aromatic heterocycles. The van der Waals surface area contributed by atoms with E-state index in [-0.39, 0.29) is 5.91 Å². The molecular formula is C9H19N3O3. The van der Waals surface area contributed by atoms with Crippen molar-refractivity contribution in [2.24, 2.45) is 0 Å². The Morgan fingerprint density at radius 1 is 1.13 bits per heavy atom. The average Bonchev–Trinajstić information content (AvgIpc) is 2.24. The number of hydrogen-bond donors (Lipinski definition) is 3. The number of carbonyl (C=O) groups excluding carboxylic acids is 2. The van der Waals surface area contributed by atoms with Crippen LogP contribution in [0.25, 0.3) is 0 Å². The van der Waals surface area contributed by atoms with Crippen LogP contribution in [0.4, 0.5) is 4.79 Å². The minimum atomic E-state index is -0.489. The van der Waals surface area contributed by atoms with Crippen molar-refractivity contribution in [2.75, 3.05) is 33.3 Å². The molecule has 88 valence electrons. The number of rotatable bonds is 7. The van der Waals surface area contributed by atoms with Crippen LogP contribution in [0.5, 0.6) is 0 Å². The third-order valence-electron chi connectivity index (χ3n) is 1.68. The van der Waals surface area contributed by atoms with E-state index in [4.69, 9.17) is 0 Å². The molecule has 0 fully saturated rings. The van der Waals surface area contributed by atoms with Crippen LogP contribution < -0.4 is 16.0 Å². The first-order chi connectivity index (χ1) is 7.20. The molecule has 2 amide bonds. The van der Waals surface area contributed by atoms with Crippen molar-refractivity contribution in [1.82, 2.24) is 16.0 Å². The molecule has 0 spiro atoms. The number of hydrogen-bond acceptors (Lipinski definition) is 4. The Hall–Kier alpha value is -1.30. The molecule has 0 aromatic carbocycles. The molecule has 0 atom stereocenters. The Balaban J connectivity index is 3.27. The summed E-state index contributed by atoms with van der Waals surface area (Å²) in [5, 5.41) is 8.18. The SMILES string of the molecule is CCNCCC(=O)NCCNC(=O)OC. The first kappa shape index (κ1) is 13.7. The van der Waals surface area contributed by atoms with E-state index in [2.05, 4.69) is 20.7 Å². The molecule has 0 radical (unpaired) electrons. The summed E-state index contributed by atoms with van der Waals surface area (Å²) in [4.78, 5) is 21.7. The second-order valence-corrected chi connectivity index (χ2v) is 2.87. The third kappa shape index (κ3) is 9.01. The van der Waals surface area contributed by atoms with E-state index in [0.717, 1.165) is 6.54 Å². The van der Waals surface area contributed by atoms with Gasteiger partial charge in [-0.3, -0.25) is 4.79 Å². The van der Waals surface area contributed by atoms with Gasteiger partial charge in [-0.2, -0.15) is 0 Å². The van der Waals surface area contributed by atoms with Gasteiger partial charge in [0.2, 0.25) is 5.91 Å². The van der Waals surface area contributed by atoms with Gasteiger partial charge in [0, 0.05) is 26.1 Å². The van der Waals surface area contributed by atoms with Crippen LogP contribution >= 0.6 is 0 Å². The van der Waals surface area contributed by atoms with E-state index in [9.17, 15) is 9.59 Å². The summed E-state index contributed by atoms with van der Waals surface area (Å²) in [5.41, 5.74) is 0. The van der Waals surface area contributed by atoms with Crippen LogP contribution in [0.3, 0.4) is 0 Å². The lowest BCUT2D eigenvalue weighted by Crippen LogP contribution is -2.35. The van der Waals surface area contributed by atoms with Gasteiger partial charge in [-0.1, -0.05) is 6.92 Å². The minimum Gasteiger partial charge on any atom is -0.453 e. The maximum atomic E-state index is 11.1. The summed E-state index contributed by atoms with van der Waals surface area (Å²) in [6.07, 6.45) is -0.0385. The van der Waals surface area contributed by atoms with Gasteiger partial charge in [0.25, 0.3) is 0 Å². The van der Waals surface area contributed by atoms with Crippen molar-refractivity contribution in [3.05, 3.63) is 0 Å². The predicted octanol–water partition coefficient (Wildman–Crippen LogP) is -0.542. The third-order valence-corrected chi connectivity index (χ3v) is 1.68. The monoisotopic (exact) mass is 217 g/mol. The van der Waals surface area contributed by atoms with E-state index in [1.54, 1.807) is 0 Å². The van der Waals surface area contributed by atoms with Gasteiger partial charge in [-0.05, 0) is 6.54 Å². The molecule has 0 saturated heterocycles. The summed E-state index contributed by atoms with van der Waals surface area (Å²) in [7, 11) is 1.30. The van der Waals surface area contributed by atoms with Crippen molar-refractivity contribution < 1.29 is 14.3 Å². The number of methoxy groups -OCH3 is 1. The van der Waals surface area contributed by atoms with Gasteiger partial charge in [0.1, 0.15) is 0 Å². The van der Waals surface area contributed by atoms with Crippen molar-refractivity contribution in [3.8, 4) is 0 Å². The standard InChI is InChI=1S/C9H19N3O3/c1-3-10-5-4-8(13)11-6-7-12-9(14)15-2/h10H,3-7H2,1-2H3,(H,11,13)(H,12,14). The molecule has 6 nitrogen and oxygen atoms in total. The van der Waals surface area contributed by atoms with Gasteiger partial charge in [0.15, 0.2) is 0 Å².